The first kappa shape index (κ1) is 18.7. The number of rotatable bonds is 6. The molecular formula is C16H15F2NO5S. The normalized spacial score (nSPS) is 11.4. The smallest absolute Gasteiger partial charge is 0.341 e. The van der Waals surface area contributed by atoms with Gasteiger partial charge in [0.15, 0.2) is 11.5 Å². The first-order valence-electron chi connectivity index (χ1n) is 7.02. The Labute approximate surface area is 143 Å². The number of benzene rings is 2. The van der Waals surface area contributed by atoms with E-state index >= 15 is 0 Å². The van der Waals surface area contributed by atoms with Gasteiger partial charge in [-0.1, -0.05) is 6.07 Å². The SMILES string of the molecule is COc1cc(CNC(=O)c2ccc(S(=O)(=O)C(F)F)cc2)ccc1O. The summed E-state index contributed by atoms with van der Waals surface area (Å²) < 4.78 is 52.5. The average molecular weight is 371 g/mol. The topological polar surface area (TPSA) is 92.7 Å². The second kappa shape index (κ2) is 7.47. The number of phenols is 1. The lowest BCUT2D eigenvalue weighted by Crippen LogP contribution is -2.23. The molecule has 25 heavy (non-hydrogen) atoms. The molecule has 0 unspecified atom stereocenters. The predicted octanol–water partition coefficient (Wildman–Crippen LogP) is 2.33. The zero-order chi connectivity index (χ0) is 18.6. The molecule has 0 saturated carbocycles. The summed E-state index contributed by atoms with van der Waals surface area (Å²) in [7, 11) is -3.29. The third-order valence-electron chi connectivity index (χ3n) is 3.38. The van der Waals surface area contributed by atoms with Crippen molar-refractivity contribution < 1.29 is 31.8 Å². The minimum Gasteiger partial charge on any atom is -0.504 e. The Morgan fingerprint density at radius 2 is 1.84 bits per heavy atom. The Kier molecular flexibility index (Phi) is 5.58. The van der Waals surface area contributed by atoms with Crippen LogP contribution in [0.15, 0.2) is 47.4 Å². The maximum Gasteiger partial charge on any atom is 0.341 e. The molecule has 2 aromatic carbocycles. The van der Waals surface area contributed by atoms with E-state index in [0.29, 0.717) is 5.56 Å². The highest BCUT2D eigenvalue weighted by atomic mass is 32.2. The highest BCUT2D eigenvalue weighted by molar-refractivity contribution is 7.91. The lowest BCUT2D eigenvalue weighted by molar-refractivity contribution is 0.0950. The number of amides is 1. The van der Waals surface area contributed by atoms with Gasteiger partial charge in [-0.25, -0.2) is 8.42 Å². The predicted molar refractivity (Wildman–Crippen MR) is 85.5 cm³/mol. The molecule has 0 atom stereocenters. The summed E-state index contributed by atoms with van der Waals surface area (Å²) in [6, 6.07) is 8.79. The molecule has 6 nitrogen and oxygen atoms in total. The van der Waals surface area contributed by atoms with Crippen molar-refractivity contribution in [3.63, 3.8) is 0 Å². The Morgan fingerprint density at radius 1 is 1.20 bits per heavy atom. The summed E-state index contributed by atoms with van der Waals surface area (Å²) in [5, 5.41) is 12.1. The summed E-state index contributed by atoms with van der Waals surface area (Å²) in [5.41, 5.74) is 0.791. The number of ether oxygens (including phenoxy) is 1. The van der Waals surface area contributed by atoms with Crippen molar-refractivity contribution in [2.45, 2.75) is 17.2 Å². The maximum atomic E-state index is 12.5. The van der Waals surface area contributed by atoms with Crippen molar-refractivity contribution in [2.24, 2.45) is 0 Å². The Hall–Kier alpha value is -2.68. The molecule has 0 fully saturated rings. The Bertz CT molecular complexity index is 867. The molecule has 1 amide bonds. The van der Waals surface area contributed by atoms with Crippen LogP contribution in [0, 0.1) is 0 Å². The fourth-order valence-corrected chi connectivity index (χ4v) is 2.74. The number of carbonyl (C=O) groups excluding carboxylic acids is 1. The number of methoxy groups -OCH3 is 1. The molecule has 0 radical (unpaired) electrons. The van der Waals surface area contributed by atoms with E-state index < -0.39 is 26.4 Å². The number of hydrogen-bond acceptors (Lipinski definition) is 5. The molecule has 2 N–H and O–H groups in total. The van der Waals surface area contributed by atoms with E-state index in [1.165, 1.54) is 13.2 Å². The van der Waals surface area contributed by atoms with Crippen molar-refractivity contribution in [1.82, 2.24) is 5.32 Å². The fourth-order valence-electron chi connectivity index (χ4n) is 2.02. The number of sulfone groups is 1. The van der Waals surface area contributed by atoms with E-state index in [-0.39, 0.29) is 23.6 Å². The first-order valence-corrected chi connectivity index (χ1v) is 8.56. The fraction of sp³-hybridized carbons (Fsp3) is 0.188. The van der Waals surface area contributed by atoms with Gasteiger partial charge in [0, 0.05) is 12.1 Å². The first-order chi connectivity index (χ1) is 11.8. The highest BCUT2D eigenvalue weighted by Gasteiger charge is 2.26. The van der Waals surface area contributed by atoms with Crippen LogP contribution in [-0.4, -0.2) is 32.3 Å². The molecule has 9 heteroatoms. The van der Waals surface area contributed by atoms with Gasteiger partial charge < -0.3 is 15.2 Å². The lowest BCUT2D eigenvalue weighted by atomic mass is 10.1. The van der Waals surface area contributed by atoms with E-state index in [2.05, 4.69) is 5.32 Å². The van der Waals surface area contributed by atoms with Gasteiger partial charge in [0.05, 0.1) is 12.0 Å². The molecule has 0 bridgehead atoms. The largest absolute Gasteiger partial charge is 0.504 e. The highest BCUT2D eigenvalue weighted by Crippen LogP contribution is 2.26. The standard InChI is InChI=1S/C16H15F2NO5S/c1-24-14-8-10(2-7-13(14)20)9-19-15(21)11-3-5-12(6-4-11)25(22,23)16(17)18/h2-8,16,20H,9H2,1H3,(H,19,21). The molecule has 2 rings (SSSR count). The van der Waals surface area contributed by atoms with Gasteiger partial charge in [0.25, 0.3) is 5.91 Å². The molecular weight excluding hydrogens is 356 g/mol. The van der Waals surface area contributed by atoms with Crippen LogP contribution in [0.25, 0.3) is 0 Å². The summed E-state index contributed by atoms with van der Waals surface area (Å²) in [6.45, 7) is 0.132. The zero-order valence-electron chi connectivity index (χ0n) is 13.1. The van der Waals surface area contributed by atoms with Crippen LogP contribution in [0.1, 0.15) is 15.9 Å². The zero-order valence-corrected chi connectivity index (χ0v) is 13.9. The Morgan fingerprint density at radius 3 is 2.40 bits per heavy atom. The number of phenolic OH excluding ortho intramolecular Hbond substituents is 1. The van der Waals surface area contributed by atoms with Gasteiger partial charge >= 0.3 is 5.76 Å². The van der Waals surface area contributed by atoms with Crippen LogP contribution in [0.4, 0.5) is 8.78 Å². The summed E-state index contributed by atoms with van der Waals surface area (Å²) in [6.07, 6.45) is 0. The van der Waals surface area contributed by atoms with Crippen LogP contribution < -0.4 is 10.1 Å². The second-order valence-corrected chi connectivity index (χ2v) is 6.94. The minimum atomic E-state index is -4.69. The maximum absolute atomic E-state index is 12.5. The van der Waals surface area contributed by atoms with E-state index in [1.807, 2.05) is 0 Å². The van der Waals surface area contributed by atoms with Crippen LogP contribution in [-0.2, 0) is 16.4 Å². The third kappa shape index (κ3) is 4.24. The molecule has 0 aromatic heterocycles. The van der Waals surface area contributed by atoms with Crippen molar-refractivity contribution >= 4 is 15.7 Å². The quantitative estimate of drug-likeness (QED) is 0.813. The van der Waals surface area contributed by atoms with Crippen molar-refractivity contribution in [1.29, 1.82) is 0 Å². The number of alkyl halides is 2. The van der Waals surface area contributed by atoms with Gasteiger partial charge in [-0.3, -0.25) is 4.79 Å². The van der Waals surface area contributed by atoms with E-state index in [9.17, 15) is 27.1 Å². The summed E-state index contributed by atoms with van der Waals surface area (Å²) >= 11 is 0. The number of aromatic hydroxyl groups is 1. The number of hydrogen-bond donors (Lipinski definition) is 2. The number of nitrogens with one attached hydrogen (secondary N) is 1. The third-order valence-corrected chi connectivity index (χ3v) is 4.78. The van der Waals surface area contributed by atoms with Crippen molar-refractivity contribution in [3.05, 3.63) is 53.6 Å². The molecule has 2 aromatic rings. The molecule has 0 aliphatic heterocycles. The molecule has 0 aliphatic rings. The van der Waals surface area contributed by atoms with E-state index in [0.717, 1.165) is 24.3 Å². The van der Waals surface area contributed by atoms with Crippen LogP contribution in [0.2, 0.25) is 0 Å². The average Bonchev–Trinajstić information content (AvgIpc) is 2.60. The van der Waals surface area contributed by atoms with E-state index in [4.69, 9.17) is 4.74 Å². The monoisotopic (exact) mass is 371 g/mol. The lowest BCUT2D eigenvalue weighted by Gasteiger charge is -2.09. The summed E-state index contributed by atoms with van der Waals surface area (Å²) in [4.78, 5) is 11.5. The van der Waals surface area contributed by atoms with Gasteiger partial charge in [-0.2, -0.15) is 8.78 Å². The van der Waals surface area contributed by atoms with Gasteiger partial charge in [-0.05, 0) is 42.0 Å². The summed E-state index contributed by atoms with van der Waals surface area (Å²) in [5.74, 6) is -3.80. The van der Waals surface area contributed by atoms with Crippen LogP contribution in [0.5, 0.6) is 11.5 Å². The van der Waals surface area contributed by atoms with Crippen molar-refractivity contribution in [2.75, 3.05) is 7.11 Å². The Balaban J connectivity index is 2.07. The molecule has 0 heterocycles. The molecule has 0 saturated heterocycles. The molecule has 134 valence electrons. The van der Waals surface area contributed by atoms with Gasteiger partial charge in [-0.15, -0.1) is 0 Å². The van der Waals surface area contributed by atoms with Crippen molar-refractivity contribution in [3.8, 4) is 11.5 Å². The molecule has 0 spiro atoms. The molecule has 0 aliphatic carbocycles. The van der Waals surface area contributed by atoms with Crippen LogP contribution >= 0.6 is 0 Å². The number of carbonyl (C=O) groups is 1. The minimum absolute atomic E-state index is 0.0339. The van der Waals surface area contributed by atoms with Gasteiger partial charge in [0.1, 0.15) is 0 Å². The van der Waals surface area contributed by atoms with E-state index in [1.54, 1.807) is 12.1 Å². The number of halogens is 2. The second-order valence-electron chi connectivity index (χ2n) is 5.02. The van der Waals surface area contributed by atoms with Crippen LogP contribution in [0.3, 0.4) is 0 Å². The van der Waals surface area contributed by atoms with Gasteiger partial charge in [0.2, 0.25) is 9.84 Å².